The lowest BCUT2D eigenvalue weighted by Gasteiger charge is -2.23. The van der Waals surface area contributed by atoms with Crippen LogP contribution in [0.15, 0.2) is 12.2 Å². The summed E-state index contributed by atoms with van der Waals surface area (Å²) in [7, 11) is 6.20. The van der Waals surface area contributed by atoms with Gasteiger partial charge in [0.05, 0.1) is 21.1 Å². The van der Waals surface area contributed by atoms with Gasteiger partial charge < -0.3 is 9.80 Å². The Morgan fingerprint density at radius 1 is 1.19 bits per heavy atom. The van der Waals surface area contributed by atoms with E-state index >= 15 is 0 Å². The van der Waals surface area contributed by atoms with Gasteiger partial charge in [-0.3, -0.25) is 4.79 Å². The summed E-state index contributed by atoms with van der Waals surface area (Å²) in [4.78, 5) is 11.4. The second-order valence-corrected chi connectivity index (χ2v) is 5.22. The number of nitrogens with one attached hydrogen (secondary N) is 1. The summed E-state index contributed by atoms with van der Waals surface area (Å²) in [5.74, 6) is 0.180. The van der Waals surface area contributed by atoms with Crippen molar-refractivity contribution in [1.82, 2.24) is 5.32 Å². The van der Waals surface area contributed by atoms with Gasteiger partial charge in [-0.15, -0.1) is 0 Å². The molecule has 0 saturated carbocycles. The van der Waals surface area contributed by atoms with Crippen LogP contribution in [0.5, 0.6) is 0 Å². The van der Waals surface area contributed by atoms with E-state index in [2.05, 4.69) is 38.6 Å². The summed E-state index contributed by atoms with van der Waals surface area (Å²) in [6.07, 6.45) is 9.38. The number of hydrogen-bond acceptors (Lipinski definition) is 1. The van der Waals surface area contributed by atoms with Gasteiger partial charge in [-0.05, 0) is 26.2 Å². The molecule has 0 fully saturated rings. The topological polar surface area (TPSA) is 29.1 Å². The maximum Gasteiger partial charge on any atom is 0.224 e. The third-order valence-electron chi connectivity index (χ3n) is 2.26. The van der Waals surface area contributed by atoms with Crippen molar-refractivity contribution >= 4 is 5.91 Å². The molecular formula is C13H27N2O+. The normalized spacial score (nSPS) is 12.0. The Morgan fingerprint density at radius 2 is 1.88 bits per heavy atom. The fourth-order valence-corrected chi connectivity index (χ4v) is 1.30. The van der Waals surface area contributed by atoms with Crippen molar-refractivity contribution in [3.63, 3.8) is 0 Å². The van der Waals surface area contributed by atoms with Gasteiger partial charge in [0.15, 0.2) is 6.67 Å². The summed E-state index contributed by atoms with van der Waals surface area (Å²) in [5, 5.41) is 2.94. The highest BCUT2D eigenvalue weighted by Gasteiger charge is 2.08. The molecule has 16 heavy (non-hydrogen) atoms. The first-order valence-corrected chi connectivity index (χ1v) is 6.14. The van der Waals surface area contributed by atoms with Gasteiger partial charge in [-0.25, -0.2) is 0 Å². The highest BCUT2D eigenvalue weighted by atomic mass is 16.1. The van der Waals surface area contributed by atoms with Crippen molar-refractivity contribution in [3.05, 3.63) is 12.2 Å². The maximum absolute atomic E-state index is 11.4. The Balaban J connectivity index is 3.37. The minimum absolute atomic E-state index is 0.180. The largest absolute Gasteiger partial charge is 0.314 e. The monoisotopic (exact) mass is 227 g/mol. The van der Waals surface area contributed by atoms with Gasteiger partial charge in [0.2, 0.25) is 5.91 Å². The average Bonchev–Trinajstić information content (AvgIpc) is 2.19. The highest BCUT2D eigenvalue weighted by Crippen LogP contribution is 2.03. The smallest absolute Gasteiger partial charge is 0.224 e. The lowest BCUT2D eigenvalue weighted by atomic mass is 10.1. The molecule has 0 aromatic heterocycles. The van der Waals surface area contributed by atoms with Crippen LogP contribution >= 0.6 is 0 Å². The van der Waals surface area contributed by atoms with Crippen LogP contribution in [-0.2, 0) is 4.79 Å². The fraction of sp³-hybridized carbons (Fsp3) is 0.769. The van der Waals surface area contributed by atoms with E-state index in [1.165, 1.54) is 6.42 Å². The van der Waals surface area contributed by atoms with Crippen LogP contribution in [0, 0.1) is 0 Å². The molecule has 94 valence electrons. The standard InChI is InChI=1S/C13H26N2O/c1-5-6-7-8-9-10-11-13(16)14-12-15(2,3)4/h5-6H,7-12H2,1-4H3/p+1/b6-5+. The second kappa shape index (κ2) is 8.34. The van der Waals surface area contributed by atoms with Gasteiger partial charge in [0.1, 0.15) is 0 Å². The summed E-state index contributed by atoms with van der Waals surface area (Å²) in [6, 6.07) is 0. The Hall–Kier alpha value is -0.830. The molecule has 3 nitrogen and oxygen atoms in total. The molecule has 0 aliphatic carbocycles. The van der Waals surface area contributed by atoms with Crippen molar-refractivity contribution in [2.24, 2.45) is 0 Å². The number of amides is 1. The van der Waals surface area contributed by atoms with Gasteiger partial charge >= 0.3 is 0 Å². The SMILES string of the molecule is C/C=C/CCCCCC(=O)NC[N+](C)(C)C. The number of rotatable bonds is 8. The molecule has 0 spiro atoms. The summed E-state index contributed by atoms with van der Waals surface area (Å²) in [5.41, 5.74) is 0. The lowest BCUT2D eigenvalue weighted by molar-refractivity contribution is -0.872. The Bertz CT molecular complexity index is 216. The van der Waals surface area contributed by atoms with E-state index in [-0.39, 0.29) is 5.91 Å². The quantitative estimate of drug-likeness (QED) is 0.293. The van der Waals surface area contributed by atoms with E-state index in [9.17, 15) is 4.79 Å². The number of carbonyl (C=O) groups excluding carboxylic acids is 1. The van der Waals surface area contributed by atoms with Crippen molar-refractivity contribution in [3.8, 4) is 0 Å². The third-order valence-corrected chi connectivity index (χ3v) is 2.26. The number of quaternary nitrogens is 1. The van der Waals surface area contributed by atoms with Crippen molar-refractivity contribution in [2.75, 3.05) is 27.8 Å². The van der Waals surface area contributed by atoms with E-state index in [1.54, 1.807) is 0 Å². The minimum Gasteiger partial charge on any atom is -0.314 e. The van der Waals surface area contributed by atoms with Gasteiger partial charge in [-0.2, -0.15) is 0 Å². The van der Waals surface area contributed by atoms with Gasteiger partial charge in [-0.1, -0.05) is 18.6 Å². The molecule has 0 aromatic carbocycles. The molecule has 1 amide bonds. The van der Waals surface area contributed by atoms with Crippen LogP contribution in [0.4, 0.5) is 0 Å². The Labute approximate surface area is 100 Å². The van der Waals surface area contributed by atoms with E-state index in [1.807, 2.05) is 6.92 Å². The van der Waals surface area contributed by atoms with E-state index in [0.29, 0.717) is 13.1 Å². The minimum atomic E-state index is 0.180. The molecule has 0 radical (unpaired) electrons. The number of carbonyl (C=O) groups is 1. The lowest BCUT2D eigenvalue weighted by Crippen LogP contribution is -2.45. The zero-order chi connectivity index (χ0) is 12.4. The van der Waals surface area contributed by atoms with Crippen LogP contribution in [0.25, 0.3) is 0 Å². The number of unbranched alkanes of at least 4 members (excludes halogenated alkanes) is 3. The van der Waals surface area contributed by atoms with Crippen LogP contribution in [0.3, 0.4) is 0 Å². The van der Waals surface area contributed by atoms with Crippen molar-refractivity contribution in [2.45, 2.75) is 39.0 Å². The molecule has 0 aromatic rings. The Morgan fingerprint density at radius 3 is 2.44 bits per heavy atom. The number of nitrogens with zero attached hydrogens (tertiary/aromatic N) is 1. The van der Waals surface area contributed by atoms with E-state index < -0.39 is 0 Å². The van der Waals surface area contributed by atoms with E-state index in [4.69, 9.17) is 0 Å². The average molecular weight is 227 g/mol. The molecule has 0 bridgehead atoms. The second-order valence-electron chi connectivity index (χ2n) is 5.22. The first-order chi connectivity index (χ1) is 7.45. The summed E-state index contributed by atoms with van der Waals surface area (Å²) in [6.45, 7) is 2.75. The molecule has 0 aliphatic heterocycles. The predicted octanol–water partition coefficient (Wildman–Crippen LogP) is 2.29. The zero-order valence-electron chi connectivity index (χ0n) is 11.3. The molecule has 0 saturated heterocycles. The molecule has 3 heteroatoms. The molecule has 0 atom stereocenters. The van der Waals surface area contributed by atoms with Gasteiger partial charge in [0.25, 0.3) is 0 Å². The van der Waals surface area contributed by atoms with Crippen molar-refractivity contribution < 1.29 is 9.28 Å². The summed E-state index contributed by atoms with van der Waals surface area (Å²) >= 11 is 0. The first-order valence-electron chi connectivity index (χ1n) is 6.14. The zero-order valence-corrected chi connectivity index (χ0v) is 11.3. The molecule has 0 heterocycles. The number of allylic oxidation sites excluding steroid dienone is 2. The third kappa shape index (κ3) is 11.2. The van der Waals surface area contributed by atoms with E-state index in [0.717, 1.165) is 23.7 Å². The van der Waals surface area contributed by atoms with Crippen LogP contribution in [0.2, 0.25) is 0 Å². The van der Waals surface area contributed by atoms with Crippen LogP contribution in [-0.4, -0.2) is 38.2 Å². The molecule has 1 N–H and O–H groups in total. The predicted molar refractivity (Wildman–Crippen MR) is 68.9 cm³/mol. The number of hydrogen-bond donors (Lipinski definition) is 1. The molecule has 0 aliphatic rings. The van der Waals surface area contributed by atoms with Crippen LogP contribution in [0.1, 0.15) is 39.0 Å². The Kier molecular flexibility index (Phi) is 7.90. The molecular weight excluding hydrogens is 200 g/mol. The van der Waals surface area contributed by atoms with Crippen LogP contribution < -0.4 is 5.32 Å². The first kappa shape index (κ1) is 15.2. The van der Waals surface area contributed by atoms with Crippen molar-refractivity contribution in [1.29, 1.82) is 0 Å². The van der Waals surface area contributed by atoms with Gasteiger partial charge in [0, 0.05) is 6.42 Å². The summed E-state index contributed by atoms with van der Waals surface area (Å²) < 4.78 is 0.771. The molecule has 0 rings (SSSR count). The fourth-order valence-electron chi connectivity index (χ4n) is 1.30. The molecule has 0 unspecified atom stereocenters. The highest BCUT2D eigenvalue weighted by molar-refractivity contribution is 5.75. The maximum atomic E-state index is 11.4.